The molecule has 0 aliphatic rings. The number of nitrogens with zero attached hydrogens (tertiary/aromatic N) is 2. The van der Waals surface area contributed by atoms with Crippen LogP contribution in [0, 0.1) is 0 Å². The molecule has 0 aliphatic carbocycles. The Labute approximate surface area is 76.5 Å². The van der Waals surface area contributed by atoms with E-state index >= 15 is 0 Å². The van der Waals surface area contributed by atoms with Gasteiger partial charge in [-0.05, 0) is 11.6 Å². The highest BCUT2D eigenvalue weighted by molar-refractivity contribution is 5.40. The number of nitrogens with two attached hydrogens (primary N) is 1. The minimum absolute atomic E-state index is 0.105. The third-order valence-corrected chi connectivity index (χ3v) is 2.05. The number of aromatic nitrogens is 2. The molecule has 2 aromatic heterocycles. The summed E-state index contributed by atoms with van der Waals surface area (Å²) in [6.45, 7) is 3.65. The smallest absolute Gasteiger partial charge is 0.136 e. The van der Waals surface area contributed by atoms with Crippen molar-refractivity contribution in [3.63, 3.8) is 0 Å². The van der Waals surface area contributed by atoms with Crippen LogP contribution in [0.4, 0.5) is 0 Å². The summed E-state index contributed by atoms with van der Waals surface area (Å²) in [6, 6.07) is 3.81. The van der Waals surface area contributed by atoms with Gasteiger partial charge in [0.05, 0.1) is 0 Å². The molecule has 1 unspecified atom stereocenters. The van der Waals surface area contributed by atoms with Gasteiger partial charge in [-0.3, -0.25) is 0 Å². The maximum Gasteiger partial charge on any atom is 0.136 e. The van der Waals surface area contributed by atoms with Gasteiger partial charge in [-0.1, -0.05) is 12.1 Å². The molecule has 0 radical (unpaired) electrons. The Bertz CT molecular complexity index is 430. The molecule has 3 nitrogen and oxygen atoms in total. The van der Waals surface area contributed by atoms with Crippen LogP contribution >= 0.6 is 0 Å². The quantitative estimate of drug-likeness (QED) is 0.700. The van der Waals surface area contributed by atoms with Crippen molar-refractivity contribution in [2.45, 2.75) is 6.04 Å². The third-order valence-electron chi connectivity index (χ3n) is 2.05. The molecule has 1 atom stereocenters. The van der Waals surface area contributed by atoms with Gasteiger partial charge in [0.2, 0.25) is 0 Å². The minimum atomic E-state index is -0.105. The van der Waals surface area contributed by atoms with Crippen LogP contribution in [0.3, 0.4) is 0 Å². The predicted molar refractivity (Wildman–Crippen MR) is 52.3 cm³/mol. The Balaban J connectivity index is 2.53. The normalized spacial score (nSPS) is 13.0. The molecule has 0 amide bonds. The van der Waals surface area contributed by atoms with Gasteiger partial charge in [0, 0.05) is 24.6 Å². The lowest BCUT2D eigenvalue weighted by Crippen LogP contribution is -2.07. The van der Waals surface area contributed by atoms with Crippen LogP contribution in [0.2, 0.25) is 0 Å². The standard InChI is InChI=1S/C10H11N3/c1-2-9(11)8-3-4-10-12-5-6-13(10)7-8/h2-7,9H,1,11H2. The fourth-order valence-electron chi connectivity index (χ4n) is 1.27. The Morgan fingerprint density at radius 3 is 3.15 bits per heavy atom. The van der Waals surface area contributed by atoms with E-state index in [4.69, 9.17) is 5.73 Å². The van der Waals surface area contributed by atoms with Crippen molar-refractivity contribution in [1.29, 1.82) is 0 Å². The predicted octanol–water partition coefficient (Wildman–Crippen LogP) is 1.52. The SMILES string of the molecule is C=CC(N)c1ccc2nccn2c1. The van der Waals surface area contributed by atoms with E-state index in [1.807, 2.05) is 28.9 Å². The largest absolute Gasteiger partial charge is 0.321 e. The highest BCUT2D eigenvalue weighted by Crippen LogP contribution is 2.11. The summed E-state index contributed by atoms with van der Waals surface area (Å²) in [4.78, 5) is 4.14. The average molecular weight is 173 g/mol. The molecule has 0 spiro atoms. The fraction of sp³-hybridized carbons (Fsp3) is 0.100. The Morgan fingerprint density at radius 2 is 2.38 bits per heavy atom. The summed E-state index contributed by atoms with van der Waals surface area (Å²) >= 11 is 0. The van der Waals surface area contributed by atoms with Crippen molar-refractivity contribution in [3.05, 3.63) is 48.9 Å². The van der Waals surface area contributed by atoms with Crippen LogP contribution in [0.25, 0.3) is 5.65 Å². The summed E-state index contributed by atoms with van der Waals surface area (Å²) in [5, 5.41) is 0. The number of fused-ring (bicyclic) bond motifs is 1. The highest BCUT2D eigenvalue weighted by Gasteiger charge is 2.01. The van der Waals surface area contributed by atoms with Crippen molar-refractivity contribution >= 4 is 5.65 Å². The monoisotopic (exact) mass is 173 g/mol. The zero-order chi connectivity index (χ0) is 9.26. The Hall–Kier alpha value is -1.61. The molecule has 0 fully saturated rings. The van der Waals surface area contributed by atoms with Crippen LogP contribution < -0.4 is 5.73 Å². The molecule has 0 saturated carbocycles. The second-order valence-electron chi connectivity index (χ2n) is 2.92. The summed E-state index contributed by atoms with van der Waals surface area (Å²) in [6.07, 6.45) is 7.35. The van der Waals surface area contributed by atoms with Crippen LogP contribution in [0.5, 0.6) is 0 Å². The highest BCUT2D eigenvalue weighted by atomic mass is 15.0. The average Bonchev–Trinajstić information content (AvgIpc) is 2.63. The molecule has 2 rings (SSSR count). The van der Waals surface area contributed by atoms with E-state index in [1.54, 1.807) is 12.3 Å². The van der Waals surface area contributed by atoms with Crippen LogP contribution in [-0.2, 0) is 0 Å². The fourth-order valence-corrected chi connectivity index (χ4v) is 1.27. The first kappa shape index (κ1) is 8.01. The number of imidazole rings is 1. The van der Waals surface area contributed by atoms with E-state index in [0.717, 1.165) is 11.2 Å². The lowest BCUT2D eigenvalue weighted by Gasteiger charge is -2.06. The van der Waals surface area contributed by atoms with Crippen LogP contribution in [-0.4, -0.2) is 9.38 Å². The molecular formula is C10H11N3. The van der Waals surface area contributed by atoms with Gasteiger partial charge in [0.15, 0.2) is 0 Å². The van der Waals surface area contributed by atoms with Gasteiger partial charge in [-0.15, -0.1) is 6.58 Å². The maximum absolute atomic E-state index is 5.80. The van der Waals surface area contributed by atoms with Crippen molar-refractivity contribution in [2.24, 2.45) is 5.73 Å². The molecule has 2 heterocycles. The molecule has 2 aromatic rings. The van der Waals surface area contributed by atoms with E-state index in [1.165, 1.54) is 0 Å². The first-order valence-electron chi connectivity index (χ1n) is 4.12. The minimum Gasteiger partial charge on any atom is -0.321 e. The molecular weight excluding hydrogens is 162 g/mol. The molecule has 0 aliphatic heterocycles. The maximum atomic E-state index is 5.80. The molecule has 0 aromatic carbocycles. The molecule has 0 bridgehead atoms. The van der Waals surface area contributed by atoms with Crippen molar-refractivity contribution in [1.82, 2.24) is 9.38 Å². The van der Waals surface area contributed by atoms with E-state index in [-0.39, 0.29) is 6.04 Å². The molecule has 3 heteroatoms. The van der Waals surface area contributed by atoms with Gasteiger partial charge >= 0.3 is 0 Å². The van der Waals surface area contributed by atoms with Gasteiger partial charge in [-0.25, -0.2) is 4.98 Å². The molecule has 13 heavy (non-hydrogen) atoms. The Morgan fingerprint density at radius 1 is 1.54 bits per heavy atom. The summed E-state index contributed by atoms with van der Waals surface area (Å²) in [5.41, 5.74) is 7.77. The van der Waals surface area contributed by atoms with Gasteiger partial charge in [0.25, 0.3) is 0 Å². The Kier molecular flexibility index (Phi) is 1.87. The van der Waals surface area contributed by atoms with E-state index in [9.17, 15) is 0 Å². The van der Waals surface area contributed by atoms with Gasteiger partial charge < -0.3 is 10.1 Å². The topological polar surface area (TPSA) is 43.3 Å². The first-order chi connectivity index (χ1) is 6.31. The zero-order valence-corrected chi connectivity index (χ0v) is 7.22. The van der Waals surface area contributed by atoms with Gasteiger partial charge in [0.1, 0.15) is 5.65 Å². The van der Waals surface area contributed by atoms with Gasteiger partial charge in [-0.2, -0.15) is 0 Å². The number of rotatable bonds is 2. The zero-order valence-electron chi connectivity index (χ0n) is 7.22. The van der Waals surface area contributed by atoms with E-state index in [2.05, 4.69) is 11.6 Å². The second-order valence-corrected chi connectivity index (χ2v) is 2.92. The summed E-state index contributed by atoms with van der Waals surface area (Å²) in [7, 11) is 0. The number of hydrogen-bond donors (Lipinski definition) is 1. The third kappa shape index (κ3) is 1.34. The summed E-state index contributed by atoms with van der Waals surface area (Å²) < 4.78 is 1.94. The van der Waals surface area contributed by atoms with Crippen LogP contribution in [0.15, 0.2) is 43.4 Å². The van der Waals surface area contributed by atoms with Crippen molar-refractivity contribution in [3.8, 4) is 0 Å². The first-order valence-corrected chi connectivity index (χ1v) is 4.12. The van der Waals surface area contributed by atoms with E-state index in [0.29, 0.717) is 0 Å². The van der Waals surface area contributed by atoms with Crippen molar-refractivity contribution in [2.75, 3.05) is 0 Å². The second kappa shape index (κ2) is 3.03. The lowest BCUT2D eigenvalue weighted by atomic mass is 10.1. The number of hydrogen-bond acceptors (Lipinski definition) is 2. The van der Waals surface area contributed by atoms with Crippen LogP contribution in [0.1, 0.15) is 11.6 Å². The molecule has 66 valence electrons. The number of pyridine rings is 1. The lowest BCUT2D eigenvalue weighted by molar-refractivity contribution is 0.898. The van der Waals surface area contributed by atoms with Crippen molar-refractivity contribution < 1.29 is 0 Å². The molecule has 2 N–H and O–H groups in total. The molecule has 0 saturated heterocycles. The summed E-state index contributed by atoms with van der Waals surface area (Å²) in [5.74, 6) is 0. The van der Waals surface area contributed by atoms with E-state index < -0.39 is 0 Å².